The predicted molar refractivity (Wildman–Crippen MR) is 112 cm³/mol. The lowest BCUT2D eigenvalue weighted by molar-refractivity contribution is 0.197. The maximum atomic E-state index is 4.40. The minimum atomic E-state index is 0. The number of likely N-dealkylation sites (tertiary alicyclic amines) is 1. The molecule has 0 atom stereocenters. The molecule has 1 aromatic carbocycles. The molecular weight excluding hydrogens is 411 g/mol. The monoisotopic (exact) mass is 442 g/mol. The summed E-state index contributed by atoms with van der Waals surface area (Å²) in [4.78, 5) is 7.06. The lowest BCUT2D eigenvalue weighted by Gasteiger charge is -2.33. The van der Waals surface area contributed by atoms with Gasteiger partial charge in [-0.25, -0.2) is 0 Å². The Bertz CT molecular complexity index is 534. The molecule has 24 heavy (non-hydrogen) atoms. The summed E-state index contributed by atoms with van der Waals surface area (Å²) >= 11 is 0. The van der Waals surface area contributed by atoms with Crippen molar-refractivity contribution in [3.8, 4) is 0 Å². The lowest BCUT2D eigenvalue weighted by atomic mass is 10.0. The number of guanidine groups is 1. The van der Waals surface area contributed by atoms with Crippen LogP contribution in [0.25, 0.3) is 0 Å². The van der Waals surface area contributed by atoms with Gasteiger partial charge in [-0.3, -0.25) is 4.99 Å². The number of rotatable bonds is 5. The maximum Gasteiger partial charge on any atom is 0.191 e. The van der Waals surface area contributed by atoms with Gasteiger partial charge < -0.3 is 15.5 Å². The topological polar surface area (TPSA) is 39.7 Å². The molecule has 0 amide bonds. The molecule has 2 aliphatic rings. The summed E-state index contributed by atoms with van der Waals surface area (Å²) in [6, 6.07) is 10.1. The van der Waals surface area contributed by atoms with Crippen LogP contribution in [0.3, 0.4) is 0 Å². The third kappa shape index (κ3) is 5.34. The molecule has 1 saturated carbocycles. The largest absolute Gasteiger partial charge is 0.354 e. The molecule has 2 N–H and O–H groups in total. The fraction of sp³-hybridized carbons (Fsp3) is 0.632. The van der Waals surface area contributed by atoms with Crippen LogP contribution in [0.1, 0.15) is 43.7 Å². The number of nitrogens with one attached hydrogen (secondary N) is 2. The van der Waals surface area contributed by atoms with Crippen molar-refractivity contribution in [2.75, 3.05) is 20.1 Å². The zero-order valence-electron chi connectivity index (χ0n) is 14.9. The van der Waals surface area contributed by atoms with Crippen molar-refractivity contribution in [1.82, 2.24) is 15.5 Å². The Balaban J connectivity index is 0.00000208. The van der Waals surface area contributed by atoms with Crippen molar-refractivity contribution in [3.63, 3.8) is 0 Å². The average molecular weight is 442 g/mol. The van der Waals surface area contributed by atoms with E-state index in [0.29, 0.717) is 6.04 Å². The van der Waals surface area contributed by atoms with Gasteiger partial charge in [-0.05, 0) is 43.2 Å². The van der Waals surface area contributed by atoms with Crippen LogP contribution in [-0.2, 0) is 13.0 Å². The van der Waals surface area contributed by atoms with Gasteiger partial charge in [-0.15, -0.1) is 24.0 Å². The van der Waals surface area contributed by atoms with Crippen molar-refractivity contribution in [3.05, 3.63) is 35.4 Å². The molecule has 4 nitrogen and oxygen atoms in total. The van der Waals surface area contributed by atoms with Crippen LogP contribution in [0.4, 0.5) is 0 Å². The number of hydrogen-bond acceptors (Lipinski definition) is 2. The van der Waals surface area contributed by atoms with Gasteiger partial charge in [0.15, 0.2) is 5.96 Å². The Kier molecular flexibility index (Phi) is 7.81. The second kappa shape index (κ2) is 9.61. The van der Waals surface area contributed by atoms with Gasteiger partial charge in [0.2, 0.25) is 0 Å². The summed E-state index contributed by atoms with van der Waals surface area (Å²) in [7, 11) is 1.86. The summed E-state index contributed by atoms with van der Waals surface area (Å²) in [5.74, 6) is 0.931. The van der Waals surface area contributed by atoms with Gasteiger partial charge in [-0.1, -0.05) is 31.2 Å². The molecule has 1 heterocycles. The number of halogens is 1. The van der Waals surface area contributed by atoms with E-state index in [-0.39, 0.29) is 24.0 Å². The number of piperidine rings is 1. The predicted octanol–water partition coefficient (Wildman–Crippen LogP) is 3.16. The van der Waals surface area contributed by atoms with E-state index in [2.05, 4.69) is 51.7 Å². The molecule has 0 radical (unpaired) electrons. The number of aryl methyl sites for hydroxylation is 1. The zero-order valence-corrected chi connectivity index (χ0v) is 17.3. The second-order valence-corrected chi connectivity index (χ2v) is 6.73. The van der Waals surface area contributed by atoms with Gasteiger partial charge in [0.1, 0.15) is 0 Å². The van der Waals surface area contributed by atoms with Crippen LogP contribution in [0.5, 0.6) is 0 Å². The van der Waals surface area contributed by atoms with Crippen LogP contribution in [0, 0.1) is 0 Å². The standard InChI is InChI=1S/C19H30N4.HI/c1-3-15-6-4-5-7-16(15)14-21-19(20-2)22-17-10-12-23(13-11-17)18-8-9-18;/h4-7,17-18H,3,8-14H2,1-2H3,(H2,20,21,22);1H. The Morgan fingerprint density at radius 2 is 1.79 bits per heavy atom. The molecule has 1 aliphatic carbocycles. The van der Waals surface area contributed by atoms with Crippen LogP contribution < -0.4 is 10.6 Å². The number of hydrogen-bond donors (Lipinski definition) is 2. The van der Waals surface area contributed by atoms with Crippen molar-refractivity contribution in [2.24, 2.45) is 4.99 Å². The van der Waals surface area contributed by atoms with Crippen LogP contribution in [0.2, 0.25) is 0 Å². The van der Waals surface area contributed by atoms with Crippen LogP contribution in [0.15, 0.2) is 29.3 Å². The van der Waals surface area contributed by atoms with E-state index in [0.717, 1.165) is 25.0 Å². The minimum Gasteiger partial charge on any atom is -0.354 e. The van der Waals surface area contributed by atoms with Gasteiger partial charge in [0.05, 0.1) is 0 Å². The normalized spacial score (nSPS) is 19.7. The molecule has 0 bridgehead atoms. The first-order valence-corrected chi connectivity index (χ1v) is 9.08. The number of nitrogens with zero attached hydrogens (tertiary/aromatic N) is 2. The molecule has 0 aromatic heterocycles. The van der Waals surface area contributed by atoms with Crippen LogP contribution >= 0.6 is 24.0 Å². The number of benzene rings is 1. The smallest absolute Gasteiger partial charge is 0.191 e. The second-order valence-electron chi connectivity index (χ2n) is 6.73. The molecule has 5 heteroatoms. The van der Waals surface area contributed by atoms with Crippen molar-refractivity contribution in [1.29, 1.82) is 0 Å². The highest BCUT2D eigenvalue weighted by atomic mass is 127. The van der Waals surface area contributed by atoms with Gasteiger partial charge in [-0.2, -0.15) is 0 Å². The first-order valence-electron chi connectivity index (χ1n) is 9.08. The lowest BCUT2D eigenvalue weighted by Crippen LogP contribution is -2.48. The first kappa shape index (κ1) is 19.5. The molecule has 2 fully saturated rings. The Labute approximate surface area is 163 Å². The van der Waals surface area contributed by atoms with Gasteiger partial charge in [0, 0.05) is 38.8 Å². The van der Waals surface area contributed by atoms with Crippen molar-refractivity contribution in [2.45, 2.75) is 57.7 Å². The van der Waals surface area contributed by atoms with E-state index in [1.807, 2.05) is 7.05 Å². The van der Waals surface area contributed by atoms with Gasteiger partial charge in [0.25, 0.3) is 0 Å². The number of aliphatic imine (C=N–C) groups is 1. The van der Waals surface area contributed by atoms with E-state index >= 15 is 0 Å². The Hall–Kier alpha value is -0.820. The summed E-state index contributed by atoms with van der Waals surface area (Å²) < 4.78 is 0. The molecule has 134 valence electrons. The Morgan fingerprint density at radius 1 is 1.12 bits per heavy atom. The van der Waals surface area contributed by atoms with Crippen LogP contribution in [-0.4, -0.2) is 43.1 Å². The van der Waals surface area contributed by atoms with E-state index in [4.69, 9.17) is 0 Å². The minimum absolute atomic E-state index is 0. The maximum absolute atomic E-state index is 4.40. The summed E-state index contributed by atoms with van der Waals surface area (Å²) in [6.07, 6.45) is 6.35. The van der Waals surface area contributed by atoms with E-state index in [9.17, 15) is 0 Å². The van der Waals surface area contributed by atoms with E-state index < -0.39 is 0 Å². The molecule has 0 spiro atoms. The fourth-order valence-electron chi connectivity index (χ4n) is 3.49. The molecule has 3 rings (SSSR count). The SMILES string of the molecule is CCc1ccccc1CNC(=NC)NC1CCN(C2CC2)CC1.I. The molecular formula is C19H31IN4. The molecule has 0 unspecified atom stereocenters. The fourth-order valence-corrected chi connectivity index (χ4v) is 3.49. The van der Waals surface area contributed by atoms with E-state index in [1.165, 1.54) is 49.9 Å². The molecule has 1 aliphatic heterocycles. The Morgan fingerprint density at radius 3 is 2.38 bits per heavy atom. The van der Waals surface area contributed by atoms with Crippen molar-refractivity contribution >= 4 is 29.9 Å². The summed E-state index contributed by atoms with van der Waals surface area (Å²) in [5.41, 5.74) is 2.77. The summed E-state index contributed by atoms with van der Waals surface area (Å²) in [5, 5.41) is 7.08. The third-order valence-corrected chi connectivity index (χ3v) is 5.10. The van der Waals surface area contributed by atoms with Crippen molar-refractivity contribution < 1.29 is 0 Å². The van der Waals surface area contributed by atoms with Gasteiger partial charge >= 0.3 is 0 Å². The highest BCUT2D eigenvalue weighted by molar-refractivity contribution is 14.0. The molecule has 1 aromatic rings. The highest BCUT2D eigenvalue weighted by Gasteiger charge is 2.31. The highest BCUT2D eigenvalue weighted by Crippen LogP contribution is 2.29. The third-order valence-electron chi connectivity index (χ3n) is 5.10. The first-order chi connectivity index (χ1) is 11.3. The summed E-state index contributed by atoms with van der Waals surface area (Å²) in [6.45, 7) is 5.51. The average Bonchev–Trinajstić information content (AvgIpc) is 3.44. The van der Waals surface area contributed by atoms with E-state index in [1.54, 1.807) is 0 Å². The quantitative estimate of drug-likeness (QED) is 0.418. The zero-order chi connectivity index (χ0) is 16.1. The molecule has 1 saturated heterocycles.